The van der Waals surface area contributed by atoms with Crippen LogP contribution in [0.25, 0.3) is 0 Å². The first kappa shape index (κ1) is 17.7. The van der Waals surface area contributed by atoms with Gasteiger partial charge in [0.15, 0.2) is 0 Å². The second kappa shape index (κ2) is 8.29. The molecule has 0 spiro atoms. The minimum Gasteiger partial charge on any atom is -0.495 e. The molecule has 6 heteroatoms. The van der Waals surface area contributed by atoms with Crippen molar-refractivity contribution in [3.05, 3.63) is 71.7 Å². The van der Waals surface area contributed by atoms with Crippen LogP contribution in [0.3, 0.4) is 0 Å². The fraction of sp³-hybridized carbons (Fsp3) is 0.200. The zero-order chi connectivity index (χ0) is 18.4. The fourth-order valence-corrected chi connectivity index (χ4v) is 2.54. The van der Waals surface area contributed by atoms with E-state index in [2.05, 4.69) is 20.6 Å². The molecule has 26 heavy (non-hydrogen) atoms. The molecule has 2 aromatic carbocycles. The van der Waals surface area contributed by atoms with E-state index >= 15 is 0 Å². The number of benzene rings is 2. The molecule has 5 nitrogen and oxygen atoms in total. The molecule has 0 atom stereocenters. The van der Waals surface area contributed by atoms with Gasteiger partial charge < -0.3 is 15.4 Å². The van der Waals surface area contributed by atoms with Crippen molar-refractivity contribution >= 4 is 17.5 Å². The van der Waals surface area contributed by atoms with Crippen molar-refractivity contribution in [1.82, 2.24) is 9.97 Å². The normalized spacial score (nSPS) is 10.4. The highest BCUT2D eigenvalue weighted by molar-refractivity contribution is 5.64. The van der Waals surface area contributed by atoms with Gasteiger partial charge in [-0.2, -0.15) is 4.98 Å². The first-order chi connectivity index (χ1) is 12.6. The molecule has 0 aliphatic carbocycles. The van der Waals surface area contributed by atoms with Crippen molar-refractivity contribution in [1.29, 1.82) is 0 Å². The summed E-state index contributed by atoms with van der Waals surface area (Å²) in [5.41, 5.74) is 2.99. The fourth-order valence-electron chi connectivity index (χ4n) is 2.54. The van der Waals surface area contributed by atoms with Crippen LogP contribution in [0.4, 0.5) is 21.8 Å². The molecule has 0 saturated heterocycles. The largest absolute Gasteiger partial charge is 0.495 e. The van der Waals surface area contributed by atoms with Gasteiger partial charge in [0, 0.05) is 12.7 Å². The molecule has 3 aromatic rings. The number of nitrogens with one attached hydrogen (secondary N) is 2. The zero-order valence-corrected chi connectivity index (χ0v) is 14.8. The highest BCUT2D eigenvalue weighted by Crippen LogP contribution is 2.27. The van der Waals surface area contributed by atoms with Crippen molar-refractivity contribution in [2.45, 2.75) is 13.3 Å². The van der Waals surface area contributed by atoms with Gasteiger partial charge in [0.05, 0.1) is 12.8 Å². The molecule has 0 amide bonds. The molecule has 0 fully saturated rings. The van der Waals surface area contributed by atoms with Gasteiger partial charge in [0.2, 0.25) is 5.95 Å². The maximum atomic E-state index is 12.9. The van der Waals surface area contributed by atoms with Crippen LogP contribution >= 0.6 is 0 Å². The molecule has 3 rings (SSSR count). The third kappa shape index (κ3) is 4.69. The number of hydrogen-bond acceptors (Lipinski definition) is 5. The average Bonchev–Trinajstić information content (AvgIpc) is 2.64. The predicted molar refractivity (Wildman–Crippen MR) is 102 cm³/mol. The van der Waals surface area contributed by atoms with Gasteiger partial charge in [-0.3, -0.25) is 0 Å². The van der Waals surface area contributed by atoms with E-state index in [4.69, 9.17) is 4.74 Å². The number of anilines is 3. The molecular weight excluding hydrogens is 331 g/mol. The molecule has 0 unspecified atom stereocenters. The summed E-state index contributed by atoms with van der Waals surface area (Å²) in [6.07, 6.45) is 2.47. The van der Waals surface area contributed by atoms with Crippen LogP contribution in [0, 0.1) is 12.7 Å². The maximum Gasteiger partial charge on any atom is 0.229 e. The minimum absolute atomic E-state index is 0.222. The van der Waals surface area contributed by atoms with Gasteiger partial charge in [0.1, 0.15) is 17.4 Å². The maximum absolute atomic E-state index is 12.9. The van der Waals surface area contributed by atoms with Gasteiger partial charge in [-0.15, -0.1) is 0 Å². The van der Waals surface area contributed by atoms with E-state index in [9.17, 15) is 4.39 Å². The quantitative estimate of drug-likeness (QED) is 0.663. The van der Waals surface area contributed by atoms with Gasteiger partial charge >= 0.3 is 0 Å². The van der Waals surface area contributed by atoms with Crippen LogP contribution in [0.1, 0.15) is 11.1 Å². The van der Waals surface area contributed by atoms with Crippen molar-refractivity contribution < 1.29 is 9.13 Å². The number of aryl methyl sites for hydroxylation is 1. The Labute approximate surface area is 152 Å². The number of methoxy groups -OCH3 is 1. The van der Waals surface area contributed by atoms with Crippen LogP contribution in [0.2, 0.25) is 0 Å². The molecule has 1 heterocycles. The summed E-state index contributed by atoms with van der Waals surface area (Å²) in [6.45, 7) is 2.70. The molecule has 0 aliphatic rings. The Morgan fingerprint density at radius 3 is 2.65 bits per heavy atom. The van der Waals surface area contributed by atoms with Crippen molar-refractivity contribution in [2.75, 3.05) is 24.3 Å². The molecule has 0 saturated carbocycles. The number of aromatic nitrogens is 2. The lowest BCUT2D eigenvalue weighted by Crippen LogP contribution is -2.08. The summed E-state index contributed by atoms with van der Waals surface area (Å²) < 4.78 is 18.3. The number of halogens is 1. The van der Waals surface area contributed by atoms with E-state index < -0.39 is 0 Å². The molecule has 0 radical (unpaired) electrons. The number of hydrogen-bond donors (Lipinski definition) is 2. The van der Waals surface area contributed by atoms with Gasteiger partial charge in [-0.25, -0.2) is 9.37 Å². The minimum atomic E-state index is -0.222. The Hall–Kier alpha value is -3.15. The van der Waals surface area contributed by atoms with E-state index in [-0.39, 0.29) is 5.82 Å². The molecule has 0 aliphatic heterocycles. The second-order valence-corrected chi connectivity index (χ2v) is 5.90. The third-order valence-corrected chi connectivity index (χ3v) is 3.89. The Morgan fingerprint density at radius 2 is 1.88 bits per heavy atom. The van der Waals surface area contributed by atoms with E-state index in [0.717, 1.165) is 34.8 Å². The van der Waals surface area contributed by atoms with E-state index in [0.29, 0.717) is 12.5 Å². The van der Waals surface area contributed by atoms with Crippen LogP contribution in [-0.4, -0.2) is 23.6 Å². The molecule has 1 aromatic heterocycles. The second-order valence-electron chi connectivity index (χ2n) is 5.90. The Kier molecular flexibility index (Phi) is 5.63. The molecule has 134 valence electrons. The Balaban J connectivity index is 1.63. The van der Waals surface area contributed by atoms with E-state index in [1.54, 1.807) is 25.4 Å². The van der Waals surface area contributed by atoms with Crippen LogP contribution in [0.5, 0.6) is 5.75 Å². The van der Waals surface area contributed by atoms with Crippen LogP contribution < -0.4 is 15.4 Å². The van der Waals surface area contributed by atoms with E-state index in [1.165, 1.54) is 12.1 Å². The summed E-state index contributed by atoms with van der Waals surface area (Å²) in [4.78, 5) is 8.73. The van der Waals surface area contributed by atoms with Gasteiger partial charge in [-0.05, 0) is 54.8 Å². The Bertz CT molecular complexity index is 868. The summed E-state index contributed by atoms with van der Waals surface area (Å²) in [6, 6.07) is 14.2. The molecule has 2 N–H and O–H groups in total. The topological polar surface area (TPSA) is 59.1 Å². The monoisotopic (exact) mass is 352 g/mol. The van der Waals surface area contributed by atoms with E-state index in [1.807, 2.05) is 31.2 Å². The predicted octanol–water partition coefficient (Wildman–Crippen LogP) is 4.33. The van der Waals surface area contributed by atoms with Crippen molar-refractivity contribution in [3.8, 4) is 5.75 Å². The van der Waals surface area contributed by atoms with Crippen molar-refractivity contribution in [3.63, 3.8) is 0 Å². The number of nitrogens with zero attached hydrogens (tertiary/aromatic N) is 2. The smallest absolute Gasteiger partial charge is 0.229 e. The van der Waals surface area contributed by atoms with Gasteiger partial charge in [0.25, 0.3) is 0 Å². The molecular formula is C20H21FN4O. The standard InChI is InChI=1S/C20H21FN4O/c1-14-3-8-18(26-2)17(13-14)24-20-23-12-10-19(25-20)22-11-9-15-4-6-16(21)7-5-15/h3-8,10,12-13H,9,11H2,1-2H3,(H2,22,23,24,25). The first-order valence-electron chi connectivity index (χ1n) is 8.37. The summed E-state index contributed by atoms with van der Waals surface area (Å²) >= 11 is 0. The summed E-state index contributed by atoms with van der Waals surface area (Å²) in [7, 11) is 1.63. The average molecular weight is 352 g/mol. The lowest BCUT2D eigenvalue weighted by Gasteiger charge is -2.12. The summed E-state index contributed by atoms with van der Waals surface area (Å²) in [5.74, 6) is 1.71. The summed E-state index contributed by atoms with van der Waals surface area (Å²) in [5, 5.41) is 6.45. The van der Waals surface area contributed by atoms with Crippen LogP contribution in [-0.2, 0) is 6.42 Å². The SMILES string of the molecule is COc1ccc(C)cc1Nc1nccc(NCCc2ccc(F)cc2)n1. The number of ether oxygens (including phenoxy) is 1. The van der Waals surface area contributed by atoms with Crippen LogP contribution in [0.15, 0.2) is 54.7 Å². The third-order valence-electron chi connectivity index (χ3n) is 3.89. The zero-order valence-electron chi connectivity index (χ0n) is 14.8. The Morgan fingerprint density at radius 1 is 1.08 bits per heavy atom. The lowest BCUT2D eigenvalue weighted by atomic mass is 10.1. The highest BCUT2D eigenvalue weighted by Gasteiger charge is 2.06. The van der Waals surface area contributed by atoms with Crippen molar-refractivity contribution in [2.24, 2.45) is 0 Å². The number of rotatable bonds is 7. The van der Waals surface area contributed by atoms with Gasteiger partial charge in [-0.1, -0.05) is 18.2 Å². The lowest BCUT2D eigenvalue weighted by molar-refractivity contribution is 0.416. The highest BCUT2D eigenvalue weighted by atomic mass is 19.1. The first-order valence-corrected chi connectivity index (χ1v) is 8.37. The molecule has 0 bridgehead atoms.